The van der Waals surface area contributed by atoms with Crippen LogP contribution in [0.1, 0.15) is 22.6 Å². The van der Waals surface area contributed by atoms with Gasteiger partial charge < -0.3 is 9.15 Å². The predicted octanol–water partition coefficient (Wildman–Crippen LogP) is 5.37. The van der Waals surface area contributed by atoms with Crippen molar-refractivity contribution >= 4 is 28.2 Å². The van der Waals surface area contributed by atoms with Gasteiger partial charge in [0.05, 0.1) is 22.4 Å². The Morgan fingerprint density at radius 3 is 2.64 bits per heavy atom. The Hall–Kier alpha value is -4.63. The molecule has 1 aliphatic heterocycles. The fraction of sp³-hybridized carbons (Fsp3) is 0.0385. The number of fused-ring (bicyclic) bond motifs is 6. The maximum Gasteiger partial charge on any atom is 0.344 e. The van der Waals surface area contributed by atoms with Gasteiger partial charge in [0.25, 0.3) is 0 Å². The average Bonchev–Trinajstić information content (AvgIpc) is 3.33. The van der Waals surface area contributed by atoms with Crippen LogP contribution in [0.2, 0.25) is 5.02 Å². The van der Waals surface area contributed by atoms with Gasteiger partial charge in [0, 0.05) is 16.8 Å². The zero-order valence-electron chi connectivity index (χ0n) is 18.2. The van der Waals surface area contributed by atoms with Crippen molar-refractivity contribution in [3.63, 3.8) is 0 Å². The van der Waals surface area contributed by atoms with E-state index in [1.165, 1.54) is 23.0 Å². The first-order valence-corrected chi connectivity index (χ1v) is 11.3. The van der Waals surface area contributed by atoms with E-state index < -0.39 is 17.4 Å². The van der Waals surface area contributed by atoms with Crippen LogP contribution in [-0.2, 0) is 0 Å². The van der Waals surface area contributed by atoms with Crippen molar-refractivity contribution in [2.75, 3.05) is 0 Å². The third kappa shape index (κ3) is 2.96. The third-order valence-corrected chi connectivity index (χ3v) is 6.47. The first-order chi connectivity index (χ1) is 17.6. The second-order valence-electron chi connectivity index (χ2n) is 8.18. The minimum Gasteiger partial charge on any atom is -0.437 e. The predicted molar refractivity (Wildman–Crippen MR) is 129 cm³/mol. The molecule has 0 spiro atoms. The molecule has 1 atom stereocenters. The van der Waals surface area contributed by atoms with E-state index in [0.29, 0.717) is 33.7 Å². The lowest BCUT2D eigenvalue weighted by Crippen LogP contribution is -2.23. The maximum absolute atomic E-state index is 15.4. The molecule has 2 aromatic carbocycles. The van der Waals surface area contributed by atoms with Crippen LogP contribution < -0.4 is 10.4 Å². The van der Waals surface area contributed by atoms with E-state index in [4.69, 9.17) is 20.8 Å². The molecule has 5 heterocycles. The molecule has 0 bridgehead atoms. The molecule has 0 radical (unpaired) electrons. The fourth-order valence-corrected chi connectivity index (χ4v) is 4.88. The van der Waals surface area contributed by atoms with E-state index in [1.54, 1.807) is 48.7 Å². The number of para-hydroxylation sites is 1. The summed E-state index contributed by atoms with van der Waals surface area (Å²) in [7, 11) is 0. The summed E-state index contributed by atoms with van der Waals surface area (Å²) in [6.45, 7) is 0. The van der Waals surface area contributed by atoms with Crippen LogP contribution in [0, 0.1) is 5.82 Å². The summed E-state index contributed by atoms with van der Waals surface area (Å²) in [6, 6.07) is 16.7. The van der Waals surface area contributed by atoms with Crippen LogP contribution in [0.5, 0.6) is 11.6 Å². The van der Waals surface area contributed by atoms with Gasteiger partial charge in [-0.3, -0.25) is 4.98 Å². The lowest BCUT2D eigenvalue weighted by Gasteiger charge is -2.28. The Kier molecular flexibility index (Phi) is 4.43. The van der Waals surface area contributed by atoms with Crippen LogP contribution in [-0.4, -0.2) is 24.6 Å². The number of aromatic nitrogens is 5. The smallest absolute Gasteiger partial charge is 0.344 e. The molecule has 10 heteroatoms. The second-order valence-corrected chi connectivity index (χ2v) is 8.59. The van der Waals surface area contributed by atoms with E-state index in [2.05, 4.69) is 20.1 Å². The minimum atomic E-state index is -1.02. The van der Waals surface area contributed by atoms with Crippen LogP contribution in [0.25, 0.3) is 28.1 Å². The zero-order chi connectivity index (χ0) is 24.4. The summed E-state index contributed by atoms with van der Waals surface area (Å²) in [5, 5.41) is 5.17. The molecule has 4 aromatic heterocycles. The molecule has 0 amide bonds. The lowest BCUT2D eigenvalue weighted by molar-refractivity contribution is 0.420. The molecule has 0 aliphatic carbocycles. The summed E-state index contributed by atoms with van der Waals surface area (Å²) >= 11 is 6.53. The molecule has 0 saturated carbocycles. The highest BCUT2D eigenvalue weighted by Crippen LogP contribution is 2.50. The average molecular weight is 498 g/mol. The van der Waals surface area contributed by atoms with Crippen molar-refractivity contribution in [3.8, 4) is 23.1 Å². The SMILES string of the molecule is O=c1oc2ccccc2c2c1C(c1c(F)cccc1Cl)c1c(ncn3nc(-c4ccccn4)nc13)O2. The van der Waals surface area contributed by atoms with E-state index in [1.807, 2.05) is 6.07 Å². The quantitative estimate of drug-likeness (QED) is 0.296. The highest BCUT2D eigenvalue weighted by Gasteiger charge is 2.39. The molecular formula is C26H13ClFN5O3. The molecule has 1 unspecified atom stereocenters. The molecule has 0 saturated heterocycles. The van der Waals surface area contributed by atoms with Gasteiger partial charge in [-0.15, -0.1) is 5.10 Å². The molecule has 0 N–H and O–H groups in total. The van der Waals surface area contributed by atoms with E-state index >= 15 is 4.39 Å². The van der Waals surface area contributed by atoms with Gasteiger partial charge in [-0.1, -0.05) is 35.9 Å². The van der Waals surface area contributed by atoms with Crippen LogP contribution in [0.4, 0.5) is 4.39 Å². The largest absolute Gasteiger partial charge is 0.437 e. The third-order valence-electron chi connectivity index (χ3n) is 6.14. The molecule has 8 nitrogen and oxygen atoms in total. The molecule has 174 valence electrons. The number of hydrogen-bond donors (Lipinski definition) is 0. The molecule has 1 aliphatic rings. The summed E-state index contributed by atoms with van der Waals surface area (Å²) in [4.78, 5) is 26.8. The summed E-state index contributed by atoms with van der Waals surface area (Å²) in [5.41, 5.74) is 1.06. The maximum atomic E-state index is 15.4. The Balaban J connectivity index is 1.60. The van der Waals surface area contributed by atoms with Crippen LogP contribution in [0.3, 0.4) is 0 Å². The number of hydrogen-bond acceptors (Lipinski definition) is 7. The van der Waals surface area contributed by atoms with Crippen LogP contribution in [0.15, 0.2) is 82.4 Å². The number of nitrogens with zero attached hydrogens (tertiary/aromatic N) is 5. The molecule has 6 aromatic rings. The number of ether oxygens (including phenoxy) is 1. The standard InChI is InChI=1S/C26H13ClFN5O3/c27-14-7-5-8-15(28)18(14)19-20-22(13-6-1-2-10-17(13)35-26(20)34)36-25-21(19)24-31-23(32-33(24)12-30-25)16-9-3-4-11-29-16/h1-12,19H. The summed E-state index contributed by atoms with van der Waals surface area (Å²) < 4.78 is 28.7. The summed E-state index contributed by atoms with van der Waals surface area (Å²) in [6.07, 6.45) is 3.08. The molecule has 0 fully saturated rings. The minimum absolute atomic E-state index is 0.0878. The second kappa shape index (κ2) is 7.69. The van der Waals surface area contributed by atoms with Crippen molar-refractivity contribution in [1.82, 2.24) is 24.6 Å². The Morgan fingerprint density at radius 1 is 0.944 bits per heavy atom. The number of benzene rings is 2. The van der Waals surface area contributed by atoms with Gasteiger partial charge in [-0.2, -0.15) is 0 Å². The Bertz CT molecular complexity index is 1870. The highest BCUT2D eigenvalue weighted by molar-refractivity contribution is 6.31. The number of pyridine rings is 1. The highest BCUT2D eigenvalue weighted by atomic mass is 35.5. The van der Waals surface area contributed by atoms with Gasteiger partial charge in [-0.05, 0) is 36.4 Å². The van der Waals surface area contributed by atoms with Gasteiger partial charge in [-0.25, -0.2) is 23.7 Å². The van der Waals surface area contributed by atoms with E-state index in [9.17, 15) is 4.79 Å². The van der Waals surface area contributed by atoms with E-state index in [0.717, 1.165) is 0 Å². The van der Waals surface area contributed by atoms with Crippen molar-refractivity contribution in [1.29, 1.82) is 0 Å². The molecule has 36 heavy (non-hydrogen) atoms. The van der Waals surface area contributed by atoms with Gasteiger partial charge in [0.15, 0.2) is 11.4 Å². The first-order valence-electron chi connectivity index (χ1n) is 10.9. The Labute approximate surface area is 206 Å². The van der Waals surface area contributed by atoms with E-state index in [-0.39, 0.29) is 27.8 Å². The van der Waals surface area contributed by atoms with Gasteiger partial charge in [0.2, 0.25) is 11.7 Å². The first kappa shape index (κ1) is 20.7. The topological polar surface area (TPSA) is 95.4 Å². The normalized spacial score (nSPS) is 14.4. The molecule has 7 rings (SSSR count). The van der Waals surface area contributed by atoms with Gasteiger partial charge >= 0.3 is 5.63 Å². The van der Waals surface area contributed by atoms with Crippen molar-refractivity contribution in [2.24, 2.45) is 0 Å². The van der Waals surface area contributed by atoms with Crippen LogP contribution >= 0.6 is 11.6 Å². The fourth-order valence-electron chi connectivity index (χ4n) is 4.61. The summed E-state index contributed by atoms with van der Waals surface area (Å²) in [5.74, 6) is -0.879. The Morgan fingerprint density at radius 2 is 1.81 bits per heavy atom. The zero-order valence-corrected chi connectivity index (χ0v) is 19.0. The molecular weight excluding hydrogens is 485 g/mol. The number of rotatable bonds is 2. The monoisotopic (exact) mass is 497 g/mol. The van der Waals surface area contributed by atoms with Gasteiger partial charge in [0.1, 0.15) is 23.4 Å². The van der Waals surface area contributed by atoms with Crippen molar-refractivity contribution in [3.05, 3.63) is 111 Å². The van der Waals surface area contributed by atoms with Crippen molar-refractivity contribution in [2.45, 2.75) is 5.92 Å². The number of halogens is 2. The lowest BCUT2D eigenvalue weighted by atomic mass is 9.83. The van der Waals surface area contributed by atoms with Crippen molar-refractivity contribution < 1.29 is 13.5 Å².